The molecule has 1 aromatic rings. The van der Waals surface area contributed by atoms with Crippen molar-refractivity contribution in [1.82, 2.24) is 0 Å². The lowest BCUT2D eigenvalue weighted by molar-refractivity contribution is -0.384. The van der Waals surface area contributed by atoms with Crippen LogP contribution in [0.5, 0.6) is 0 Å². The van der Waals surface area contributed by atoms with Gasteiger partial charge in [0, 0.05) is 30.9 Å². The van der Waals surface area contributed by atoms with Crippen molar-refractivity contribution >= 4 is 11.4 Å². The van der Waals surface area contributed by atoms with Gasteiger partial charge in [-0.25, -0.2) is 0 Å². The van der Waals surface area contributed by atoms with Crippen LogP contribution < -0.4 is 4.90 Å². The highest BCUT2D eigenvalue weighted by molar-refractivity contribution is 5.57. The molecule has 0 spiro atoms. The first kappa shape index (κ1) is 10.9. The Labute approximate surface area is 93.8 Å². The molecule has 1 heterocycles. The molecule has 0 radical (unpaired) electrons. The fourth-order valence-corrected chi connectivity index (χ4v) is 1.91. The zero-order valence-corrected chi connectivity index (χ0v) is 9.18. The quantitative estimate of drug-likeness (QED) is 0.565. The minimum absolute atomic E-state index is 0.148. The van der Waals surface area contributed by atoms with Crippen molar-refractivity contribution in [2.24, 2.45) is 0 Å². The number of benzene rings is 1. The third kappa shape index (κ3) is 2.14. The van der Waals surface area contributed by atoms with Gasteiger partial charge in [0.2, 0.25) is 0 Å². The highest BCUT2D eigenvalue weighted by atomic mass is 16.6. The highest BCUT2D eigenvalue weighted by Crippen LogP contribution is 2.25. The molecule has 0 aliphatic carbocycles. The average Bonchev–Trinajstić information content (AvgIpc) is 2.30. The number of nitro groups is 1. The van der Waals surface area contributed by atoms with E-state index in [1.807, 2.05) is 13.0 Å². The second-order valence-electron chi connectivity index (χ2n) is 3.83. The molecule has 0 bridgehead atoms. The molecule has 0 aromatic heterocycles. The number of nitrogens with zero attached hydrogens (tertiary/aromatic N) is 2. The van der Waals surface area contributed by atoms with Crippen molar-refractivity contribution in [2.45, 2.75) is 6.92 Å². The summed E-state index contributed by atoms with van der Waals surface area (Å²) in [7, 11) is 0. The zero-order chi connectivity index (χ0) is 11.5. The maximum atomic E-state index is 10.6. The van der Waals surface area contributed by atoms with Gasteiger partial charge in [-0.2, -0.15) is 0 Å². The summed E-state index contributed by atoms with van der Waals surface area (Å²) < 4.78 is 5.27. The Bertz CT molecular complexity index is 400. The fraction of sp³-hybridized carbons (Fsp3) is 0.455. The first-order chi connectivity index (χ1) is 7.68. The Morgan fingerprint density at radius 2 is 2.06 bits per heavy atom. The van der Waals surface area contributed by atoms with Gasteiger partial charge < -0.3 is 9.64 Å². The molecule has 1 fully saturated rings. The highest BCUT2D eigenvalue weighted by Gasteiger charge is 2.15. The molecule has 1 aromatic carbocycles. The molecule has 0 N–H and O–H groups in total. The van der Waals surface area contributed by atoms with Gasteiger partial charge in [-0.3, -0.25) is 10.1 Å². The molecular formula is C11H14N2O3. The van der Waals surface area contributed by atoms with E-state index in [4.69, 9.17) is 4.74 Å². The van der Waals surface area contributed by atoms with E-state index in [1.54, 1.807) is 12.1 Å². The third-order valence-electron chi connectivity index (χ3n) is 2.74. The molecule has 1 aliphatic heterocycles. The Morgan fingerprint density at radius 3 is 2.62 bits per heavy atom. The number of ether oxygens (including phenoxy) is 1. The van der Waals surface area contributed by atoms with Crippen LogP contribution in [0.25, 0.3) is 0 Å². The molecule has 5 nitrogen and oxygen atoms in total. The van der Waals surface area contributed by atoms with E-state index in [1.165, 1.54) is 0 Å². The standard InChI is InChI=1S/C11H14N2O3/c1-9-8-10(13(14)15)2-3-11(9)12-4-6-16-7-5-12/h2-3,8H,4-7H2,1H3. The largest absolute Gasteiger partial charge is 0.378 e. The van der Waals surface area contributed by atoms with E-state index in [0.717, 1.165) is 37.6 Å². The van der Waals surface area contributed by atoms with Crippen LogP contribution in [0.4, 0.5) is 11.4 Å². The molecule has 86 valence electrons. The molecule has 0 saturated carbocycles. The van der Waals surface area contributed by atoms with E-state index >= 15 is 0 Å². The van der Waals surface area contributed by atoms with Gasteiger partial charge in [-0.05, 0) is 18.6 Å². The number of morpholine rings is 1. The number of hydrogen-bond acceptors (Lipinski definition) is 4. The minimum atomic E-state index is -0.365. The van der Waals surface area contributed by atoms with Crippen LogP contribution in [0.15, 0.2) is 18.2 Å². The van der Waals surface area contributed by atoms with Crippen LogP contribution in [0.2, 0.25) is 0 Å². The number of rotatable bonds is 2. The van der Waals surface area contributed by atoms with Gasteiger partial charge in [0.05, 0.1) is 18.1 Å². The Morgan fingerprint density at radius 1 is 1.38 bits per heavy atom. The Hall–Kier alpha value is -1.62. The predicted molar refractivity (Wildman–Crippen MR) is 60.9 cm³/mol. The zero-order valence-electron chi connectivity index (χ0n) is 9.18. The van der Waals surface area contributed by atoms with Crippen molar-refractivity contribution in [2.75, 3.05) is 31.2 Å². The third-order valence-corrected chi connectivity index (χ3v) is 2.74. The van der Waals surface area contributed by atoms with Crippen molar-refractivity contribution in [3.63, 3.8) is 0 Å². The van der Waals surface area contributed by atoms with Crippen molar-refractivity contribution < 1.29 is 9.66 Å². The van der Waals surface area contributed by atoms with Crippen molar-refractivity contribution in [3.8, 4) is 0 Å². The van der Waals surface area contributed by atoms with Gasteiger partial charge in [-0.15, -0.1) is 0 Å². The van der Waals surface area contributed by atoms with Crippen molar-refractivity contribution in [1.29, 1.82) is 0 Å². The molecule has 5 heteroatoms. The van der Waals surface area contributed by atoms with Gasteiger partial charge in [0.25, 0.3) is 5.69 Å². The molecule has 1 saturated heterocycles. The molecular weight excluding hydrogens is 208 g/mol. The lowest BCUT2D eigenvalue weighted by atomic mass is 10.1. The van der Waals surface area contributed by atoms with E-state index in [2.05, 4.69) is 4.90 Å². The lowest BCUT2D eigenvalue weighted by Crippen LogP contribution is -2.36. The summed E-state index contributed by atoms with van der Waals surface area (Å²) in [5.41, 5.74) is 2.15. The summed E-state index contributed by atoms with van der Waals surface area (Å²) in [6.45, 7) is 5.03. The topological polar surface area (TPSA) is 55.6 Å². The fourth-order valence-electron chi connectivity index (χ4n) is 1.91. The Balaban J connectivity index is 2.24. The second kappa shape index (κ2) is 4.49. The summed E-state index contributed by atoms with van der Waals surface area (Å²) in [5, 5.41) is 10.6. The van der Waals surface area contributed by atoms with Crippen LogP contribution in [0.3, 0.4) is 0 Å². The predicted octanol–water partition coefficient (Wildman–Crippen LogP) is 1.74. The SMILES string of the molecule is Cc1cc([N+](=O)[O-])ccc1N1CCOCC1. The number of nitro benzene ring substituents is 1. The van der Waals surface area contributed by atoms with E-state index in [0.29, 0.717) is 0 Å². The van der Waals surface area contributed by atoms with Gasteiger partial charge in [0.15, 0.2) is 0 Å². The maximum absolute atomic E-state index is 10.6. The number of non-ortho nitro benzene ring substituents is 1. The van der Waals surface area contributed by atoms with E-state index < -0.39 is 0 Å². The normalized spacial score (nSPS) is 16.2. The van der Waals surface area contributed by atoms with Crippen LogP contribution in [-0.4, -0.2) is 31.2 Å². The molecule has 0 amide bonds. The van der Waals surface area contributed by atoms with Crippen LogP contribution >= 0.6 is 0 Å². The first-order valence-corrected chi connectivity index (χ1v) is 5.26. The minimum Gasteiger partial charge on any atom is -0.378 e. The average molecular weight is 222 g/mol. The summed E-state index contributed by atoms with van der Waals surface area (Å²) in [6, 6.07) is 4.99. The van der Waals surface area contributed by atoms with E-state index in [-0.39, 0.29) is 10.6 Å². The molecule has 1 aliphatic rings. The summed E-state index contributed by atoms with van der Waals surface area (Å²) >= 11 is 0. The first-order valence-electron chi connectivity index (χ1n) is 5.26. The monoisotopic (exact) mass is 222 g/mol. The molecule has 0 unspecified atom stereocenters. The maximum Gasteiger partial charge on any atom is 0.269 e. The lowest BCUT2D eigenvalue weighted by Gasteiger charge is -2.29. The van der Waals surface area contributed by atoms with Crippen molar-refractivity contribution in [3.05, 3.63) is 33.9 Å². The summed E-state index contributed by atoms with van der Waals surface area (Å²) in [6.07, 6.45) is 0. The summed E-state index contributed by atoms with van der Waals surface area (Å²) in [5.74, 6) is 0. The summed E-state index contributed by atoms with van der Waals surface area (Å²) in [4.78, 5) is 12.4. The van der Waals surface area contributed by atoms with Crippen LogP contribution in [0.1, 0.15) is 5.56 Å². The second-order valence-corrected chi connectivity index (χ2v) is 3.83. The van der Waals surface area contributed by atoms with E-state index in [9.17, 15) is 10.1 Å². The smallest absolute Gasteiger partial charge is 0.269 e. The number of hydrogen-bond donors (Lipinski definition) is 0. The molecule has 16 heavy (non-hydrogen) atoms. The van der Waals surface area contributed by atoms with Gasteiger partial charge >= 0.3 is 0 Å². The van der Waals surface area contributed by atoms with Crippen LogP contribution in [-0.2, 0) is 4.74 Å². The van der Waals surface area contributed by atoms with Gasteiger partial charge in [-0.1, -0.05) is 0 Å². The Kier molecular flexibility index (Phi) is 3.05. The van der Waals surface area contributed by atoms with Gasteiger partial charge in [0.1, 0.15) is 0 Å². The van der Waals surface area contributed by atoms with Crippen LogP contribution in [0, 0.1) is 17.0 Å². The number of anilines is 1. The molecule has 0 atom stereocenters. The molecule has 2 rings (SSSR count). The number of aryl methyl sites for hydroxylation is 1.